The molecule has 1 fully saturated rings. The summed E-state index contributed by atoms with van der Waals surface area (Å²) in [6.07, 6.45) is 2.42. The summed E-state index contributed by atoms with van der Waals surface area (Å²) < 4.78 is 0. The van der Waals surface area contributed by atoms with Crippen LogP contribution in [0.3, 0.4) is 0 Å². The van der Waals surface area contributed by atoms with E-state index in [1.54, 1.807) is 0 Å². The van der Waals surface area contributed by atoms with Crippen molar-refractivity contribution < 1.29 is 9.90 Å². The molecule has 1 rings (SSSR count). The molecule has 3 nitrogen and oxygen atoms in total. The average Bonchev–Trinajstić information content (AvgIpc) is 2.15. The molecule has 3 heteroatoms. The standard InChI is InChI=1S/C13H25NO2/c1-5-13(6-2)8-14(9-13)7-11(10(3)4)12(15)16/h10-11H,5-9H2,1-4H3,(H,15,16). The largest absolute Gasteiger partial charge is 0.481 e. The number of carboxylic acids is 1. The number of rotatable bonds is 6. The molecule has 1 aliphatic rings. The van der Waals surface area contributed by atoms with Crippen LogP contribution >= 0.6 is 0 Å². The summed E-state index contributed by atoms with van der Waals surface area (Å²) >= 11 is 0. The summed E-state index contributed by atoms with van der Waals surface area (Å²) in [6.45, 7) is 11.3. The molecule has 0 spiro atoms. The molecule has 1 aliphatic heterocycles. The highest BCUT2D eigenvalue weighted by atomic mass is 16.4. The molecule has 1 heterocycles. The van der Waals surface area contributed by atoms with Gasteiger partial charge in [-0.3, -0.25) is 4.79 Å². The number of nitrogens with zero attached hydrogens (tertiary/aromatic N) is 1. The molecule has 0 aromatic rings. The molecule has 0 aliphatic carbocycles. The van der Waals surface area contributed by atoms with Crippen molar-refractivity contribution in [2.24, 2.45) is 17.3 Å². The van der Waals surface area contributed by atoms with Gasteiger partial charge in [0.15, 0.2) is 0 Å². The van der Waals surface area contributed by atoms with Crippen molar-refractivity contribution in [3.05, 3.63) is 0 Å². The summed E-state index contributed by atoms with van der Waals surface area (Å²) in [6, 6.07) is 0. The lowest BCUT2D eigenvalue weighted by atomic mass is 9.74. The van der Waals surface area contributed by atoms with Gasteiger partial charge in [0.2, 0.25) is 0 Å². The van der Waals surface area contributed by atoms with E-state index in [0.717, 1.165) is 19.6 Å². The van der Waals surface area contributed by atoms with Crippen LogP contribution in [0.15, 0.2) is 0 Å². The monoisotopic (exact) mass is 227 g/mol. The van der Waals surface area contributed by atoms with Crippen LogP contribution in [0.4, 0.5) is 0 Å². The van der Waals surface area contributed by atoms with Crippen molar-refractivity contribution in [2.45, 2.75) is 40.5 Å². The molecule has 1 N–H and O–H groups in total. The van der Waals surface area contributed by atoms with Gasteiger partial charge < -0.3 is 10.0 Å². The van der Waals surface area contributed by atoms with Crippen molar-refractivity contribution in [2.75, 3.05) is 19.6 Å². The maximum Gasteiger partial charge on any atom is 0.308 e. The van der Waals surface area contributed by atoms with Gasteiger partial charge in [0.25, 0.3) is 0 Å². The Labute approximate surface area is 98.8 Å². The van der Waals surface area contributed by atoms with Crippen molar-refractivity contribution in [3.8, 4) is 0 Å². The first-order chi connectivity index (χ1) is 7.44. The predicted molar refractivity (Wildman–Crippen MR) is 65.4 cm³/mol. The first-order valence-corrected chi connectivity index (χ1v) is 6.39. The average molecular weight is 227 g/mol. The fourth-order valence-electron chi connectivity index (χ4n) is 2.58. The van der Waals surface area contributed by atoms with Crippen LogP contribution in [0, 0.1) is 17.3 Å². The fraction of sp³-hybridized carbons (Fsp3) is 0.923. The lowest BCUT2D eigenvalue weighted by Gasteiger charge is -2.51. The summed E-state index contributed by atoms with van der Waals surface area (Å²) in [5.74, 6) is -0.650. The number of carbonyl (C=O) groups is 1. The zero-order chi connectivity index (χ0) is 12.3. The molecule has 0 aromatic heterocycles. The van der Waals surface area contributed by atoms with Gasteiger partial charge in [-0.2, -0.15) is 0 Å². The Morgan fingerprint density at radius 3 is 2.12 bits per heavy atom. The van der Waals surface area contributed by atoms with E-state index in [-0.39, 0.29) is 11.8 Å². The predicted octanol–water partition coefficient (Wildman–Crippen LogP) is 2.47. The Morgan fingerprint density at radius 2 is 1.81 bits per heavy atom. The maximum atomic E-state index is 11.1. The summed E-state index contributed by atoms with van der Waals surface area (Å²) in [5, 5.41) is 9.13. The molecule has 1 atom stereocenters. The first-order valence-electron chi connectivity index (χ1n) is 6.39. The Kier molecular flexibility index (Phi) is 4.36. The number of hydrogen-bond acceptors (Lipinski definition) is 2. The van der Waals surface area contributed by atoms with Crippen molar-refractivity contribution in [1.29, 1.82) is 0 Å². The van der Waals surface area contributed by atoms with Gasteiger partial charge in [-0.05, 0) is 24.2 Å². The molecule has 0 saturated carbocycles. The molecule has 0 amide bonds. The first kappa shape index (κ1) is 13.5. The highest BCUT2D eigenvalue weighted by molar-refractivity contribution is 5.70. The number of carboxylic acid groups (broad SMARTS) is 1. The third-order valence-electron chi connectivity index (χ3n) is 4.19. The van der Waals surface area contributed by atoms with E-state index >= 15 is 0 Å². The smallest absolute Gasteiger partial charge is 0.308 e. The van der Waals surface area contributed by atoms with Gasteiger partial charge in [0.1, 0.15) is 0 Å². The Hall–Kier alpha value is -0.570. The fourth-order valence-corrected chi connectivity index (χ4v) is 2.58. The second kappa shape index (κ2) is 5.17. The van der Waals surface area contributed by atoms with Crippen molar-refractivity contribution in [3.63, 3.8) is 0 Å². The van der Waals surface area contributed by atoms with Gasteiger partial charge in [0, 0.05) is 19.6 Å². The van der Waals surface area contributed by atoms with Crippen LogP contribution in [0.5, 0.6) is 0 Å². The molecule has 1 saturated heterocycles. The van der Waals surface area contributed by atoms with Crippen LogP contribution in [0.25, 0.3) is 0 Å². The Balaban J connectivity index is 2.43. The van der Waals surface area contributed by atoms with Crippen LogP contribution in [0.2, 0.25) is 0 Å². The van der Waals surface area contributed by atoms with E-state index in [0.29, 0.717) is 5.41 Å². The minimum Gasteiger partial charge on any atom is -0.481 e. The van der Waals surface area contributed by atoms with Gasteiger partial charge in [0.05, 0.1) is 5.92 Å². The van der Waals surface area contributed by atoms with E-state index in [4.69, 9.17) is 5.11 Å². The topological polar surface area (TPSA) is 40.5 Å². The van der Waals surface area contributed by atoms with Gasteiger partial charge in [-0.25, -0.2) is 0 Å². The molecule has 0 aromatic carbocycles. The molecule has 0 radical (unpaired) electrons. The number of aliphatic carboxylic acids is 1. The van der Waals surface area contributed by atoms with Crippen LogP contribution in [-0.4, -0.2) is 35.6 Å². The third kappa shape index (κ3) is 2.76. The molecule has 1 unspecified atom stereocenters. The molecular weight excluding hydrogens is 202 g/mol. The maximum absolute atomic E-state index is 11.1. The van der Waals surface area contributed by atoms with Crippen molar-refractivity contribution in [1.82, 2.24) is 4.90 Å². The molecule has 94 valence electrons. The third-order valence-corrected chi connectivity index (χ3v) is 4.19. The summed E-state index contributed by atoms with van der Waals surface area (Å²) in [7, 11) is 0. The second-order valence-electron chi connectivity index (χ2n) is 5.57. The van der Waals surface area contributed by atoms with E-state index in [2.05, 4.69) is 18.7 Å². The SMILES string of the molecule is CCC1(CC)CN(CC(C(=O)O)C(C)C)C1. The van der Waals surface area contributed by atoms with E-state index < -0.39 is 5.97 Å². The Morgan fingerprint density at radius 1 is 1.31 bits per heavy atom. The second-order valence-corrected chi connectivity index (χ2v) is 5.57. The minimum atomic E-state index is -0.652. The lowest BCUT2D eigenvalue weighted by molar-refractivity contribution is -0.145. The van der Waals surface area contributed by atoms with Crippen LogP contribution in [-0.2, 0) is 4.79 Å². The summed E-state index contributed by atoms with van der Waals surface area (Å²) in [4.78, 5) is 13.4. The minimum absolute atomic E-state index is 0.216. The van der Waals surface area contributed by atoms with E-state index in [9.17, 15) is 4.79 Å². The highest BCUT2D eigenvalue weighted by Gasteiger charge is 2.41. The van der Waals surface area contributed by atoms with Gasteiger partial charge in [-0.1, -0.05) is 27.7 Å². The number of likely N-dealkylation sites (tertiary alicyclic amines) is 1. The summed E-state index contributed by atoms with van der Waals surface area (Å²) in [5.41, 5.74) is 0.472. The van der Waals surface area contributed by atoms with Gasteiger partial charge in [-0.15, -0.1) is 0 Å². The normalized spacial score (nSPS) is 21.8. The quantitative estimate of drug-likeness (QED) is 0.758. The van der Waals surface area contributed by atoms with Crippen molar-refractivity contribution >= 4 is 5.97 Å². The van der Waals surface area contributed by atoms with Crippen LogP contribution < -0.4 is 0 Å². The molecule has 0 bridgehead atoms. The Bertz CT molecular complexity index is 238. The van der Waals surface area contributed by atoms with Gasteiger partial charge >= 0.3 is 5.97 Å². The highest BCUT2D eigenvalue weighted by Crippen LogP contribution is 2.37. The molecular formula is C13H25NO2. The van der Waals surface area contributed by atoms with E-state index in [1.807, 2.05) is 13.8 Å². The number of hydrogen-bond donors (Lipinski definition) is 1. The lowest BCUT2D eigenvalue weighted by Crippen LogP contribution is -2.57. The molecule has 16 heavy (non-hydrogen) atoms. The van der Waals surface area contributed by atoms with Crippen LogP contribution in [0.1, 0.15) is 40.5 Å². The van der Waals surface area contributed by atoms with E-state index in [1.165, 1.54) is 12.8 Å². The zero-order valence-corrected chi connectivity index (χ0v) is 11.0. The zero-order valence-electron chi connectivity index (χ0n) is 11.0.